The Bertz CT molecular complexity index is 680. The number of rotatable bonds is 12. The lowest BCUT2D eigenvalue weighted by molar-refractivity contribution is -0.144. The third kappa shape index (κ3) is 5.36. The highest BCUT2D eigenvalue weighted by Gasteiger charge is 2.58. The molecule has 182 valence electrons. The number of carbonyl (C=O) groups excluding carboxylic acids is 3. The molecule has 7 nitrogen and oxygen atoms in total. The number of hydrogen-bond acceptors (Lipinski definition) is 4. The van der Waals surface area contributed by atoms with Gasteiger partial charge in [0.25, 0.3) is 0 Å². The van der Waals surface area contributed by atoms with E-state index in [2.05, 4.69) is 24.5 Å². The number of nitrogens with one attached hydrogen (secondary N) is 2. The van der Waals surface area contributed by atoms with Crippen molar-refractivity contribution in [2.45, 2.75) is 78.3 Å². The lowest BCUT2D eigenvalue weighted by Gasteiger charge is -2.36. The quantitative estimate of drug-likeness (QED) is 0.315. The molecule has 7 atom stereocenters. The molecule has 2 rings (SSSR count). The van der Waals surface area contributed by atoms with Crippen LogP contribution in [0.2, 0.25) is 0 Å². The molecule has 0 saturated carbocycles. The Hall–Kier alpha value is -1.89. The average molecular weight is 450 g/mol. The summed E-state index contributed by atoms with van der Waals surface area (Å²) in [7, 11) is 1.60. The maximum atomic E-state index is 13.9. The summed E-state index contributed by atoms with van der Waals surface area (Å²) in [6.07, 6.45) is 9.51. The molecule has 1 saturated heterocycles. The minimum atomic E-state index is -0.703. The number of unbranched alkanes of at least 4 members (excludes halogenated alkanes) is 2. The first kappa shape index (κ1) is 26.4. The number of likely N-dealkylation sites (tertiary alicyclic amines) is 1. The van der Waals surface area contributed by atoms with Gasteiger partial charge in [0.1, 0.15) is 6.04 Å². The predicted molar refractivity (Wildman–Crippen MR) is 126 cm³/mol. The summed E-state index contributed by atoms with van der Waals surface area (Å²) in [5, 5.41) is 16.0. The van der Waals surface area contributed by atoms with Gasteiger partial charge in [-0.25, -0.2) is 0 Å². The van der Waals surface area contributed by atoms with Gasteiger partial charge in [0.15, 0.2) is 0 Å². The minimum Gasteiger partial charge on any atom is -0.394 e. The maximum Gasteiger partial charge on any atom is 0.243 e. The third-order valence-electron chi connectivity index (χ3n) is 7.41. The molecule has 0 aromatic carbocycles. The van der Waals surface area contributed by atoms with E-state index in [-0.39, 0.29) is 42.1 Å². The molecule has 1 fully saturated rings. The van der Waals surface area contributed by atoms with E-state index in [1.807, 2.05) is 26.0 Å². The highest BCUT2D eigenvalue weighted by Crippen LogP contribution is 2.46. The van der Waals surface area contributed by atoms with Gasteiger partial charge >= 0.3 is 0 Å². The highest BCUT2D eigenvalue weighted by molar-refractivity contribution is 5.97. The Kier molecular flexibility index (Phi) is 10.2. The summed E-state index contributed by atoms with van der Waals surface area (Å²) in [6.45, 7) is 8.56. The number of carbonyl (C=O) groups is 3. The molecule has 0 bridgehead atoms. The van der Waals surface area contributed by atoms with E-state index in [4.69, 9.17) is 0 Å². The zero-order valence-corrected chi connectivity index (χ0v) is 20.5. The van der Waals surface area contributed by atoms with Crippen molar-refractivity contribution in [1.29, 1.82) is 0 Å². The van der Waals surface area contributed by atoms with Crippen molar-refractivity contribution >= 4 is 17.7 Å². The Morgan fingerprint density at radius 2 is 1.84 bits per heavy atom. The Morgan fingerprint density at radius 3 is 2.41 bits per heavy atom. The largest absolute Gasteiger partial charge is 0.394 e. The van der Waals surface area contributed by atoms with Crippen LogP contribution in [0.4, 0.5) is 0 Å². The molecule has 1 aliphatic heterocycles. The zero-order chi connectivity index (χ0) is 23.8. The van der Waals surface area contributed by atoms with Crippen molar-refractivity contribution in [1.82, 2.24) is 15.5 Å². The fourth-order valence-corrected chi connectivity index (χ4v) is 5.44. The average Bonchev–Trinajstić information content (AvgIpc) is 3.09. The summed E-state index contributed by atoms with van der Waals surface area (Å²) in [5.74, 6) is -1.96. The van der Waals surface area contributed by atoms with Crippen LogP contribution in [-0.2, 0) is 14.4 Å². The Labute approximate surface area is 193 Å². The number of amides is 3. The molecule has 7 heteroatoms. The van der Waals surface area contributed by atoms with Crippen LogP contribution >= 0.6 is 0 Å². The minimum absolute atomic E-state index is 0.0328. The van der Waals surface area contributed by atoms with Crippen LogP contribution in [0.25, 0.3) is 0 Å². The number of allylic oxidation sites excluding steroid dienone is 1. The van der Waals surface area contributed by atoms with Crippen molar-refractivity contribution in [3.63, 3.8) is 0 Å². The van der Waals surface area contributed by atoms with Crippen LogP contribution in [0, 0.1) is 29.6 Å². The molecule has 1 heterocycles. The second kappa shape index (κ2) is 12.4. The first-order valence-electron chi connectivity index (χ1n) is 12.5. The number of fused-ring (bicyclic) bond motifs is 1. The smallest absolute Gasteiger partial charge is 0.243 e. The van der Waals surface area contributed by atoms with Gasteiger partial charge in [0, 0.05) is 19.5 Å². The van der Waals surface area contributed by atoms with Crippen LogP contribution < -0.4 is 10.6 Å². The molecule has 0 aromatic rings. The van der Waals surface area contributed by atoms with Crippen molar-refractivity contribution in [3.8, 4) is 0 Å². The molecule has 32 heavy (non-hydrogen) atoms. The second-order valence-corrected chi connectivity index (χ2v) is 9.40. The third-order valence-corrected chi connectivity index (χ3v) is 7.41. The maximum absolute atomic E-state index is 13.9. The molecule has 0 aromatic heterocycles. The first-order valence-corrected chi connectivity index (χ1v) is 12.5. The van der Waals surface area contributed by atoms with Crippen LogP contribution in [0.1, 0.15) is 66.2 Å². The molecule has 3 amide bonds. The van der Waals surface area contributed by atoms with Crippen molar-refractivity contribution in [2.75, 3.05) is 20.2 Å². The fourth-order valence-electron chi connectivity index (χ4n) is 5.44. The summed E-state index contributed by atoms with van der Waals surface area (Å²) >= 11 is 0. The molecule has 2 aliphatic rings. The zero-order valence-electron chi connectivity index (χ0n) is 20.5. The molecule has 3 N–H and O–H groups in total. The molecular formula is C25H43N3O4. The van der Waals surface area contributed by atoms with Gasteiger partial charge in [-0.05, 0) is 24.7 Å². The summed E-state index contributed by atoms with van der Waals surface area (Å²) in [4.78, 5) is 41.8. The number of aliphatic hydroxyl groups excluding tert-OH is 1. The Morgan fingerprint density at radius 1 is 1.12 bits per heavy atom. The van der Waals surface area contributed by atoms with E-state index in [0.29, 0.717) is 6.54 Å². The lowest BCUT2D eigenvalue weighted by Crippen LogP contribution is -2.54. The van der Waals surface area contributed by atoms with Gasteiger partial charge in [-0.1, -0.05) is 65.5 Å². The number of aliphatic hydroxyl groups is 1. The van der Waals surface area contributed by atoms with Crippen molar-refractivity contribution in [2.24, 2.45) is 29.6 Å². The monoisotopic (exact) mass is 449 g/mol. The summed E-state index contributed by atoms with van der Waals surface area (Å²) < 4.78 is 0. The lowest BCUT2D eigenvalue weighted by atomic mass is 9.68. The van der Waals surface area contributed by atoms with E-state index in [9.17, 15) is 19.5 Å². The number of nitrogens with zero attached hydrogens (tertiary/aromatic N) is 1. The molecule has 0 spiro atoms. The van der Waals surface area contributed by atoms with E-state index in [1.165, 1.54) is 0 Å². The fraction of sp³-hybridized carbons (Fsp3) is 0.800. The Balaban J connectivity index is 2.47. The van der Waals surface area contributed by atoms with Gasteiger partial charge in [-0.3, -0.25) is 14.4 Å². The second-order valence-electron chi connectivity index (χ2n) is 9.40. The molecule has 1 aliphatic carbocycles. The van der Waals surface area contributed by atoms with Crippen LogP contribution in [0.3, 0.4) is 0 Å². The van der Waals surface area contributed by atoms with Crippen molar-refractivity contribution in [3.05, 3.63) is 12.2 Å². The SMILES string of the molecule is CCCCCNC(=O)[C@@H]1[C@H]2C=C[C@@H](CCC)[C@@H](C(=O)NC)[C@@H]2C(=O)N1[C@@H](CO)[C@@H](C)CC. The van der Waals surface area contributed by atoms with E-state index in [0.717, 1.165) is 38.5 Å². The van der Waals surface area contributed by atoms with E-state index >= 15 is 0 Å². The summed E-state index contributed by atoms with van der Waals surface area (Å²) in [5.41, 5.74) is 0. The first-order chi connectivity index (χ1) is 15.4. The van der Waals surface area contributed by atoms with Crippen LogP contribution in [-0.4, -0.2) is 60.0 Å². The predicted octanol–water partition coefficient (Wildman–Crippen LogP) is 2.49. The standard InChI is InChI=1S/C25H43N3O4/c1-6-9-10-14-27-24(31)22-18-13-12-17(11-7-2)20(23(30)26-5)21(18)25(32)28(22)19(15-29)16(4)8-3/h12-13,16-22,29H,6-11,14-15H2,1-5H3,(H,26,30)(H,27,31)/t16-,17+,18-,19-,20+,21+,22-/m0/s1. The van der Waals surface area contributed by atoms with Crippen LogP contribution in [0.5, 0.6) is 0 Å². The van der Waals surface area contributed by atoms with Crippen LogP contribution in [0.15, 0.2) is 12.2 Å². The van der Waals surface area contributed by atoms with Gasteiger partial charge in [-0.15, -0.1) is 0 Å². The number of hydrogen-bond donors (Lipinski definition) is 3. The van der Waals surface area contributed by atoms with Gasteiger partial charge in [0.2, 0.25) is 17.7 Å². The molecular weight excluding hydrogens is 406 g/mol. The van der Waals surface area contributed by atoms with E-state index < -0.39 is 23.9 Å². The van der Waals surface area contributed by atoms with Crippen molar-refractivity contribution < 1.29 is 19.5 Å². The summed E-state index contributed by atoms with van der Waals surface area (Å²) in [6, 6.07) is -1.15. The normalized spacial score (nSPS) is 28.9. The van der Waals surface area contributed by atoms with Gasteiger partial charge in [-0.2, -0.15) is 0 Å². The van der Waals surface area contributed by atoms with E-state index in [1.54, 1.807) is 11.9 Å². The highest BCUT2D eigenvalue weighted by atomic mass is 16.3. The van der Waals surface area contributed by atoms with Gasteiger partial charge in [0.05, 0.1) is 24.5 Å². The topological polar surface area (TPSA) is 98.7 Å². The molecule has 0 unspecified atom stereocenters. The van der Waals surface area contributed by atoms with Gasteiger partial charge < -0.3 is 20.6 Å². The molecule has 0 radical (unpaired) electrons.